The Labute approximate surface area is 147 Å². The van der Waals surface area contributed by atoms with Crippen LogP contribution in [0.1, 0.15) is 48.8 Å². The number of nitrogens with zero attached hydrogens (tertiary/aromatic N) is 3. The Morgan fingerprint density at radius 1 is 1.25 bits per heavy atom. The Bertz CT molecular complexity index is 677. The molecule has 2 aromatic heterocycles. The lowest BCUT2D eigenvalue weighted by Crippen LogP contribution is -2.37. The van der Waals surface area contributed by atoms with Crippen molar-refractivity contribution in [1.29, 1.82) is 0 Å². The van der Waals surface area contributed by atoms with Gasteiger partial charge in [0.05, 0.1) is 22.9 Å². The molecule has 0 radical (unpaired) electrons. The highest BCUT2D eigenvalue weighted by Gasteiger charge is 2.17. The van der Waals surface area contributed by atoms with E-state index in [2.05, 4.69) is 46.8 Å². The lowest BCUT2D eigenvalue weighted by Gasteiger charge is -2.14. The van der Waals surface area contributed by atoms with E-state index in [9.17, 15) is 0 Å². The van der Waals surface area contributed by atoms with E-state index in [-0.39, 0.29) is 5.41 Å². The number of rotatable bonds is 5. The van der Waals surface area contributed by atoms with E-state index >= 15 is 0 Å². The number of hydrogen-bond donors (Lipinski definition) is 2. The van der Waals surface area contributed by atoms with Crippen molar-refractivity contribution in [3.63, 3.8) is 0 Å². The first kappa shape index (κ1) is 18.4. The number of hydrogen-bond acceptors (Lipinski definition) is 5. The van der Waals surface area contributed by atoms with Crippen molar-refractivity contribution in [2.45, 2.75) is 53.0 Å². The second kappa shape index (κ2) is 7.79. The van der Waals surface area contributed by atoms with Crippen molar-refractivity contribution < 1.29 is 4.42 Å². The molecule has 0 saturated heterocycles. The summed E-state index contributed by atoms with van der Waals surface area (Å²) >= 11 is 1.71. The van der Waals surface area contributed by atoms with Gasteiger partial charge in [0.15, 0.2) is 5.96 Å². The summed E-state index contributed by atoms with van der Waals surface area (Å²) < 4.78 is 5.55. The second-order valence-corrected chi connectivity index (χ2v) is 7.67. The summed E-state index contributed by atoms with van der Waals surface area (Å²) in [5, 5.41) is 9.79. The fraction of sp³-hybridized carbons (Fsp3) is 0.588. The minimum absolute atomic E-state index is 0.103. The van der Waals surface area contributed by atoms with Crippen LogP contribution in [0.25, 0.3) is 0 Å². The van der Waals surface area contributed by atoms with Crippen molar-refractivity contribution in [1.82, 2.24) is 20.6 Å². The molecule has 2 rings (SSSR count). The molecule has 6 nitrogen and oxygen atoms in total. The normalized spacial score (nSPS) is 12.5. The van der Waals surface area contributed by atoms with Crippen LogP contribution in [0, 0.1) is 13.8 Å². The van der Waals surface area contributed by atoms with Crippen LogP contribution in [-0.4, -0.2) is 29.5 Å². The molecule has 0 aliphatic rings. The van der Waals surface area contributed by atoms with Crippen molar-refractivity contribution in [3.8, 4) is 0 Å². The largest absolute Gasteiger partial charge is 0.444 e. The minimum atomic E-state index is 0.103. The third-order valence-corrected chi connectivity index (χ3v) is 4.56. The number of nitrogens with one attached hydrogen (secondary N) is 2. The SMILES string of the molecule is CN=C(NCCc1nc(C(C)(C)C)cs1)NCc1nc(C)c(C)o1. The summed E-state index contributed by atoms with van der Waals surface area (Å²) in [6, 6.07) is 0. The predicted octanol–water partition coefficient (Wildman–Crippen LogP) is 2.95. The Hall–Kier alpha value is -1.89. The van der Waals surface area contributed by atoms with Crippen molar-refractivity contribution in [3.05, 3.63) is 33.4 Å². The summed E-state index contributed by atoms with van der Waals surface area (Å²) in [4.78, 5) is 13.3. The zero-order valence-corrected chi connectivity index (χ0v) is 16.2. The average Bonchev–Trinajstić information content (AvgIpc) is 3.10. The van der Waals surface area contributed by atoms with E-state index in [1.165, 1.54) is 0 Å². The molecule has 0 aliphatic heterocycles. The van der Waals surface area contributed by atoms with E-state index in [4.69, 9.17) is 9.40 Å². The Morgan fingerprint density at radius 3 is 2.54 bits per heavy atom. The van der Waals surface area contributed by atoms with Crippen molar-refractivity contribution >= 4 is 17.3 Å². The van der Waals surface area contributed by atoms with E-state index in [0.29, 0.717) is 12.4 Å². The van der Waals surface area contributed by atoms with Gasteiger partial charge in [-0.3, -0.25) is 4.99 Å². The van der Waals surface area contributed by atoms with Gasteiger partial charge >= 0.3 is 0 Å². The number of aryl methyl sites for hydroxylation is 2. The van der Waals surface area contributed by atoms with Crippen LogP contribution in [0.15, 0.2) is 14.8 Å². The van der Waals surface area contributed by atoms with Gasteiger partial charge in [-0.2, -0.15) is 0 Å². The maximum absolute atomic E-state index is 5.55. The summed E-state index contributed by atoms with van der Waals surface area (Å²) in [7, 11) is 1.75. The number of oxazole rings is 1. The fourth-order valence-electron chi connectivity index (χ4n) is 2.05. The van der Waals surface area contributed by atoms with Crippen LogP contribution < -0.4 is 10.6 Å². The van der Waals surface area contributed by atoms with Crippen LogP contribution in [0.2, 0.25) is 0 Å². The van der Waals surface area contributed by atoms with E-state index < -0.39 is 0 Å². The molecule has 0 bridgehead atoms. The second-order valence-electron chi connectivity index (χ2n) is 6.73. The van der Waals surface area contributed by atoms with E-state index in [0.717, 1.165) is 41.1 Å². The zero-order chi connectivity index (χ0) is 17.7. The first-order valence-corrected chi connectivity index (χ1v) is 9.00. The third kappa shape index (κ3) is 5.06. The maximum Gasteiger partial charge on any atom is 0.214 e. The molecule has 24 heavy (non-hydrogen) atoms. The summed E-state index contributed by atoms with van der Waals surface area (Å²) in [5.74, 6) is 2.26. The third-order valence-electron chi connectivity index (χ3n) is 3.65. The molecule has 0 amide bonds. The van der Waals surface area contributed by atoms with Gasteiger partial charge < -0.3 is 15.1 Å². The Balaban J connectivity index is 1.78. The molecule has 2 heterocycles. The standard InChI is InChI=1S/C17H27N5OS/c1-11-12(2)23-14(21-11)9-20-16(18-6)19-8-7-15-22-13(10-24-15)17(3,4)5/h10H,7-9H2,1-6H3,(H2,18,19,20). The summed E-state index contributed by atoms with van der Waals surface area (Å²) in [6.45, 7) is 11.7. The van der Waals surface area contributed by atoms with Crippen molar-refractivity contribution in [2.75, 3.05) is 13.6 Å². The van der Waals surface area contributed by atoms with Gasteiger partial charge in [0.2, 0.25) is 5.89 Å². The van der Waals surface area contributed by atoms with E-state index in [1.54, 1.807) is 18.4 Å². The van der Waals surface area contributed by atoms with Crippen LogP contribution in [0.5, 0.6) is 0 Å². The average molecular weight is 350 g/mol. The van der Waals surface area contributed by atoms with Gasteiger partial charge in [0, 0.05) is 30.8 Å². The Kier molecular flexibility index (Phi) is 5.99. The van der Waals surface area contributed by atoms with Gasteiger partial charge in [0.1, 0.15) is 5.76 Å². The van der Waals surface area contributed by atoms with Crippen molar-refractivity contribution in [2.24, 2.45) is 4.99 Å². The van der Waals surface area contributed by atoms with E-state index in [1.807, 2.05) is 13.8 Å². The minimum Gasteiger partial charge on any atom is -0.444 e. The highest BCUT2D eigenvalue weighted by atomic mass is 32.1. The first-order valence-electron chi connectivity index (χ1n) is 8.12. The van der Waals surface area contributed by atoms with Gasteiger partial charge in [-0.1, -0.05) is 20.8 Å². The summed E-state index contributed by atoms with van der Waals surface area (Å²) in [5.41, 5.74) is 2.18. The smallest absolute Gasteiger partial charge is 0.214 e. The molecule has 0 fully saturated rings. The van der Waals surface area contributed by atoms with Gasteiger partial charge in [-0.15, -0.1) is 11.3 Å². The molecule has 0 spiro atoms. The molecule has 0 aliphatic carbocycles. The molecule has 7 heteroatoms. The molecule has 0 atom stereocenters. The molecule has 2 aromatic rings. The highest BCUT2D eigenvalue weighted by Crippen LogP contribution is 2.23. The molecular weight excluding hydrogens is 322 g/mol. The number of thiazole rings is 1. The summed E-state index contributed by atoms with van der Waals surface area (Å²) in [6.07, 6.45) is 0.874. The molecule has 2 N–H and O–H groups in total. The van der Waals surface area contributed by atoms with Gasteiger partial charge in [-0.05, 0) is 13.8 Å². The molecule has 132 valence electrons. The lowest BCUT2D eigenvalue weighted by atomic mass is 9.93. The maximum atomic E-state index is 5.55. The molecule has 0 unspecified atom stereocenters. The topological polar surface area (TPSA) is 75.3 Å². The molecule has 0 saturated carbocycles. The molecule has 0 aromatic carbocycles. The van der Waals surface area contributed by atoms with Crippen LogP contribution in [0.4, 0.5) is 0 Å². The molecular formula is C17H27N5OS. The van der Waals surface area contributed by atoms with Gasteiger partial charge in [0.25, 0.3) is 0 Å². The number of aliphatic imine (C=N–C) groups is 1. The van der Waals surface area contributed by atoms with Crippen LogP contribution >= 0.6 is 11.3 Å². The predicted molar refractivity (Wildman–Crippen MR) is 98.7 cm³/mol. The quantitative estimate of drug-likeness (QED) is 0.641. The number of guanidine groups is 1. The Morgan fingerprint density at radius 2 is 2.00 bits per heavy atom. The fourth-order valence-corrected chi connectivity index (χ4v) is 3.08. The van der Waals surface area contributed by atoms with Crippen LogP contribution in [0.3, 0.4) is 0 Å². The zero-order valence-electron chi connectivity index (χ0n) is 15.4. The van der Waals surface area contributed by atoms with Gasteiger partial charge in [-0.25, -0.2) is 9.97 Å². The monoisotopic (exact) mass is 349 g/mol. The lowest BCUT2D eigenvalue weighted by molar-refractivity contribution is 0.464. The highest BCUT2D eigenvalue weighted by molar-refractivity contribution is 7.09. The van der Waals surface area contributed by atoms with Crippen LogP contribution in [-0.2, 0) is 18.4 Å². The first-order chi connectivity index (χ1) is 11.3. The number of aromatic nitrogens is 2.